The van der Waals surface area contributed by atoms with Crippen LogP contribution in [0.5, 0.6) is 5.75 Å². The largest absolute Gasteiger partial charge is 0.494 e. The minimum atomic E-state index is -0.368. The number of halogens is 1. The lowest BCUT2D eigenvalue weighted by atomic mass is 10.1. The first kappa shape index (κ1) is 9.00. The minimum Gasteiger partial charge on any atom is -0.494 e. The van der Waals surface area contributed by atoms with Gasteiger partial charge in [0.05, 0.1) is 7.11 Å². The standard InChI is InChI=1S/C9H12FNO/c1-6(11)7-3-4-9(12-2)8(10)5-7/h3-6H,11H2,1-2H3/t6-/m1/s1. The molecule has 1 rings (SSSR count). The van der Waals surface area contributed by atoms with Gasteiger partial charge >= 0.3 is 0 Å². The summed E-state index contributed by atoms with van der Waals surface area (Å²) < 4.78 is 17.8. The van der Waals surface area contributed by atoms with Crippen molar-refractivity contribution in [1.29, 1.82) is 0 Å². The Morgan fingerprint density at radius 3 is 2.58 bits per heavy atom. The maximum absolute atomic E-state index is 13.0. The summed E-state index contributed by atoms with van der Waals surface area (Å²) in [6.45, 7) is 1.81. The zero-order chi connectivity index (χ0) is 9.14. The SMILES string of the molecule is COc1ccc([C@@H](C)N)cc1F. The van der Waals surface area contributed by atoms with Gasteiger partial charge in [-0.1, -0.05) is 6.07 Å². The second kappa shape index (κ2) is 3.54. The fraction of sp³-hybridized carbons (Fsp3) is 0.333. The molecule has 66 valence electrons. The third-order valence-corrected chi connectivity index (χ3v) is 1.70. The monoisotopic (exact) mass is 169 g/mol. The Hall–Kier alpha value is -1.09. The second-order valence-corrected chi connectivity index (χ2v) is 2.68. The van der Waals surface area contributed by atoms with Crippen LogP contribution in [0.4, 0.5) is 4.39 Å². The summed E-state index contributed by atoms with van der Waals surface area (Å²) in [5.41, 5.74) is 6.34. The highest BCUT2D eigenvalue weighted by atomic mass is 19.1. The Kier molecular flexibility index (Phi) is 2.65. The molecule has 3 heteroatoms. The molecule has 0 aliphatic carbocycles. The summed E-state index contributed by atoms with van der Waals surface area (Å²) in [5.74, 6) is -0.119. The van der Waals surface area contributed by atoms with E-state index >= 15 is 0 Å². The van der Waals surface area contributed by atoms with Crippen LogP contribution < -0.4 is 10.5 Å². The van der Waals surface area contributed by atoms with Crippen LogP contribution in [0.2, 0.25) is 0 Å². The van der Waals surface area contributed by atoms with Crippen molar-refractivity contribution in [2.24, 2.45) is 5.73 Å². The highest BCUT2D eigenvalue weighted by molar-refractivity contribution is 5.30. The first-order chi connectivity index (χ1) is 5.65. The summed E-state index contributed by atoms with van der Waals surface area (Å²) in [6, 6.07) is 4.58. The predicted octanol–water partition coefficient (Wildman–Crippen LogP) is 1.85. The molecule has 1 atom stereocenters. The Morgan fingerprint density at radius 2 is 2.17 bits per heavy atom. The molecule has 12 heavy (non-hydrogen) atoms. The number of methoxy groups -OCH3 is 1. The molecule has 0 aliphatic heterocycles. The number of nitrogens with two attached hydrogens (primary N) is 1. The van der Waals surface area contributed by atoms with Crippen LogP contribution in [-0.2, 0) is 0 Å². The maximum Gasteiger partial charge on any atom is 0.165 e. The molecule has 0 fully saturated rings. The molecule has 0 spiro atoms. The molecule has 0 saturated carbocycles. The fourth-order valence-corrected chi connectivity index (χ4v) is 0.966. The van der Waals surface area contributed by atoms with Crippen molar-refractivity contribution in [1.82, 2.24) is 0 Å². The Balaban J connectivity index is 3.02. The van der Waals surface area contributed by atoms with E-state index in [0.29, 0.717) is 0 Å². The van der Waals surface area contributed by atoms with Gasteiger partial charge in [-0.2, -0.15) is 0 Å². The number of benzene rings is 1. The van der Waals surface area contributed by atoms with Gasteiger partial charge < -0.3 is 10.5 Å². The Labute approximate surface area is 71.1 Å². The van der Waals surface area contributed by atoms with Crippen molar-refractivity contribution < 1.29 is 9.13 Å². The van der Waals surface area contributed by atoms with Crippen LogP contribution in [0.1, 0.15) is 18.5 Å². The van der Waals surface area contributed by atoms with Crippen LogP contribution in [0.3, 0.4) is 0 Å². The zero-order valence-corrected chi connectivity index (χ0v) is 7.17. The van der Waals surface area contributed by atoms with Gasteiger partial charge in [0.1, 0.15) is 0 Å². The fourth-order valence-electron chi connectivity index (χ4n) is 0.966. The summed E-state index contributed by atoms with van der Waals surface area (Å²) >= 11 is 0. The number of hydrogen-bond donors (Lipinski definition) is 1. The van der Waals surface area contributed by atoms with E-state index in [1.54, 1.807) is 19.1 Å². The lowest BCUT2D eigenvalue weighted by Crippen LogP contribution is -2.05. The molecular weight excluding hydrogens is 157 g/mol. The summed E-state index contributed by atoms with van der Waals surface area (Å²) in [6.07, 6.45) is 0. The highest BCUT2D eigenvalue weighted by Crippen LogP contribution is 2.20. The Morgan fingerprint density at radius 1 is 1.50 bits per heavy atom. The van der Waals surface area contributed by atoms with Gasteiger partial charge in [0.2, 0.25) is 0 Å². The maximum atomic E-state index is 13.0. The van der Waals surface area contributed by atoms with E-state index in [-0.39, 0.29) is 17.6 Å². The van der Waals surface area contributed by atoms with Crippen molar-refractivity contribution in [2.75, 3.05) is 7.11 Å². The van der Waals surface area contributed by atoms with E-state index in [4.69, 9.17) is 10.5 Å². The highest BCUT2D eigenvalue weighted by Gasteiger charge is 2.05. The topological polar surface area (TPSA) is 35.2 Å². The lowest BCUT2D eigenvalue weighted by molar-refractivity contribution is 0.386. The Bertz CT molecular complexity index is 273. The van der Waals surface area contributed by atoms with Gasteiger partial charge in [0, 0.05) is 6.04 Å². The number of ether oxygens (including phenoxy) is 1. The third kappa shape index (κ3) is 1.74. The van der Waals surface area contributed by atoms with Crippen molar-refractivity contribution in [3.05, 3.63) is 29.6 Å². The van der Waals surface area contributed by atoms with Crippen LogP contribution in [0.15, 0.2) is 18.2 Å². The molecular formula is C9H12FNO. The second-order valence-electron chi connectivity index (χ2n) is 2.68. The van der Waals surface area contributed by atoms with E-state index in [1.807, 2.05) is 0 Å². The van der Waals surface area contributed by atoms with Crippen molar-refractivity contribution >= 4 is 0 Å². The van der Waals surface area contributed by atoms with Gasteiger partial charge in [-0.05, 0) is 24.6 Å². The molecule has 0 saturated heterocycles. The first-order valence-corrected chi connectivity index (χ1v) is 3.74. The van der Waals surface area contributed by atoms with E-state index in [1.165, 1.54) is 13.2 Å². The normalized spacial score (nSPS) is 12.7. The third-order valence-electron chi connectivity index (χ3n) is 1.70. The van der Waals surface area contributed by atoms with Gasteiger partial charge in [0.25, 0.3) is 0 Å². The van der Waals surface area contributed by atoms with Crippen LogP contribution in [-0.4, -0.2) is 7.11 Å². The first-order valence-electron chi connectivity index (χ1n) is 3.74. The van der Waals surface area contributed by atoms with E-state index in [9.17, 15) is 4.39 Å². The smallest absolute Gasteiger partial charge is 0.165 e. The molecule has 0 unspecified atom stereocenters. The van der Waals surface area contributed by atoms with Gasteiger partial charge in [-0.3, -0.25) is 0 Å². The van der Waals surface area contributed by atoms with E-state index < -0.39 is 0 Å². The van der Waals surface area contributed by atoms with E-state index in [0.717, 1.165) is 5.56 Å². The molecule has 0 amide bonds. The average molecular weight is 169 g/mol. The number of rotatable bonds is 2. The molecule has 2 N–H and O–H groups in total. The molecule has 1 aromatic carbocycles. The predicted molar refractivity (Wildman–Crippen MR) is 45.6 cm³/mol. The molecule has 1 aromatic rings. The van der Waals surface area contributed by atoms with Gasteiger partial charge in [0.15, 0.2) is 11.6 Å². The molecule has 0 bridgehead atoms. The van der Waals surface area contributed by atoms with Gasteiger partial charge in [-0.15, -0.1) is 0 Å². The average Bonchev–Trinajstić information content (AvgIpc) is 2.04. The van der Waals surface area contributed by atoms with Gasteiger partial charge in [-0.25, -0.2) is 4.39 Å². The van der Waals surface area contributed by atoms with Crippen molar-refractivity contribution in [3.63, 3.8) is 0 Å². The quantitative estimate of drug-likeness (QED) is 0.733. The summed E-state index contributed by atoms with van der Waals surface area (Å²) in [7, 11) is 1.43. The zero-order valence-electron chi connectivity index (χ0n) is 7.17. The van der Waals surface area contributed by atoms with Crippen LogP contribution in [0.25, 0.3) is 0 Å². The van der Waals surface area contributed by atoms with Crippen molar-refractivity contribution in [3.8, 4) is 5.75 Å². The van der Waals surface area contributed by atoms with E-state index in [2.05, 4.69) is 0 Å². The van der Waals surface area contributed by atoms with Crippen molar-refractivity contribution in [2.45, 2.75) is 13.0 Å². The lowest BCUT2D eigenvalue weighted by Gasteiger charge is -2.07. The van der Waals surface area contributed by atoms with Crippen LogP contribution >= 0.6 is 0 Å². The summed E-state index contributed by atoms with van der Waals surface area (Å²) in [5, 5.41) is 0. The number of hydrogen-bond acceptors (Lipinski definition) is 2. The minimum absolute atomic E-state index is 0.148. The molecule has 0 heterocycles. The molecule has 0 radical (unpaired) electrons. The van der Waals surface area contributed by atoms with Crippen LogP contribution in [0, 0.1) is 5.82 Å². The molecule has 0 aromatic heterocycles. The molecule has 2 nitrogen and oxygen atoms in total. The summed E-state index contributed by atoms with van der Waals surface area (Å²) in [4.78, 5) is 0. The molecule has 0 aliphatic rings.